The third-order valence-corrected chi connectivity index (χ3v) is 5.62. The van der Waals surface area contributed by atoms with Crippen LogP contribution in [0.4, 0.5) is 10.5 Å². The number of nitrogens with zero attached hydrogens (tertiary/aromatic N) is 1. The number of non-ortho nitro benzene ring substituents is 1. The van der Waals surface area contributed by atoms with E-state index in [9.17, 15) is 24.5 Å². The van der Waals surface area contributed by atoms with Crippen molar-refractivity contribution in [2.45, 2.75) is 68.2 Å². The number of thioether (sulfide) groups is 1. The molecule has 1 aromatic carbocycles. The second-order valence-electron chi connectivity index (χ2n) is 6.89. The molecule has 1 saturated carbocycles. The van der Waals surface area contributed by atoms with E-state index in [-0.39, 0.29) is 11.7 Å². The van der Waals surface area contributed by atoms with E-state index in [4.69, 9.17) is 4.74 Å². The molecule has 0 bridgehead atoms. The minimum atomic E-state index is -1.13. The summed E-state index contributed by atoms with van der Waals surface area (Å²) in [5, 5.41) is 15.0. The highest BCUT2D eigenvalue weighted by molar-refractivity contribution is 8.00. The highest BCUT2D eigenvalue weighted by atomic mass is 32.2. The Morgan fingerprint density at radius 2 is 1.76 bits per heavy atom. The molecule has 10 heteroatoms. The largest absolute Gasteiger partial charge is 0.452 e. The molecular formula is C19H25N3O6S. The Kier molecular flexibility index (Phi) is 8.44. The van der Waals surface area contributed by atoms with Crippen molar-refractivity contribution in [3.8, 4) is 0 Å². The molecule has 0 spiro atoms. The summed E-state index contributed by atoms with van der Waals surface area (Å²) in [5.74, 6) is -1.32. The molecule has 1 aliphatic carbocycles. The van der Waals surface area contributed by atoms with Crippen molar-refractivity contribution in [1.29, 1.82) is 0 Å². The molecule has 0 aromatic heterocycles. The molecule has 1 aliphatic rings. The minimum Gasteiger partial charge on any atom is -0.452 e. The van der Waals surface area contributed by atoms with E-state index in [1.54, 1.807) is 6.92 Å². The van der Waals surface area contributed by atoms with Gasteiger partial charge in [0.15, 0.2) is 6.10 Å². The normalized spacial score (nSPS) is 16.3. The molecule has 0 heterocycles. The second kappa shape index (κ2) is 10.8. The number of nitro benzene ring substituents is 1. The zero-order chi connectivity index (χ0) is 21.4. The van der Waals surface area contributed by atoms with Crippen LogP contribution in [0.2, 0.25) is 0 Å². The number of amides is 3. The monoisotopic (exact) mass is 423 g/mol. The van der Waals surface area contributed by atoms with E-state index < -0.39 is 34.2 Å². The Hall–Kier alpha value is -2.62. The predicted molar refractivity (Wildman–Crippen MR) is 108 cm³/mol. The Morgan fingerprint density at radius 3 is 2.34 bits per heavy atom. The first kappa shape index (κ1) is 22.7. The molecule has 0 radical (unpaired) electrons. The Labute approximate surface area is 173 Å². The number of imide groups is 1. The van der Waals surface area contributed by atoms with E-state index in [0.717, 1.165) is 43.9 Å². The Balaban J connectivity index is 1.77. The van der Waals surface area contributed by atoms with Gasteiger partial charge in [0.1, 0.15) is 5.25 Å². The lowest BCUT2D eigenvalue weighted by molar-refractivity contribution is -0.384. The molecular weight excluding hydrogens is 398 g/mol. The van der Waals surface area contributed by atoms with Crippen LogP contribution in [-0.4, -0.2) is 40.2 Å². The van der Waals surface area contributed by atoms with Crippen molar-refractivity contribution >= 4 is 35.4 Å². The van der Waals surface area contributed by atoms with Crippen molar-refractivity contribution in [1.82, 2.24) is 10.6 Å². The molecule has 1 fully saturated rings. The number of benzene rings is 1. The summed E-state index contributed by atoms with van der Waals surface area (Å²) in [5.41, 5.74) is -0.0404. The average Bonchev–Trinajstić information content (AvgIpc) is 2.68. The standard InChI is InChI=1S/C19H25N3O6S/c1-12(17(23)21-19(25)20-14-6-4-3-5-7-14)28-18(24)13(2)29-16-10-8-15(9-11-16)22(26)27/h8-14H,3-7H2,1-2H3,(H2,20,21,23,25). The van der Waals surface area contributed by atoms with Gasteiger partial charge in [0, 0.05) is 23.1 Å². The summed E-state index contributed by atoms with van der Waals surface area (Å²) in [6.07, 6.45) is 3.92. The van der Waals surface area contributed by atoms with Crippen LogP contribution in [0.25, 0.3) is 0 Å². The van der Waals surface area contributed by atoms with E-state index in [0.29, 0.717) is 4.90 Å². The van der Waals surface area contributed by atoms with E-state index >= 15 is 0 Å². The van der Waals surface area contributed by atoms with Crippen molar-refractivity contribution in [2.75, 3.05) is 0 Å². The fraction of sp³-hybridized carbons (Fsp3) is 0.526. The van der Waals surface area contributed by atoms with Gasteiger partial charge in [-0.15, -0.1) is 11.8 Å². The fourth-order valence-electron chi connectivity index (χ4n) is 2.90. The first-order valence-corrected chi connectivity index (χ1v) is 10.4. The predicted octanol–water partition coefficient (Wildman–Crippen LogP) is 3.17. The number of nitro groups is 1. The summed E-state index contributed by atoms with van der Waals surface area (Å²) >= 11 is 1.15. The van der Waals surface area contributed by atoms with Crippen LogP contribution in [0.15, 0.2) is 29.2 Å². The molecule has 2 atom stereocenters. The maximum absolute atomic E-state index is 12.2. The number of rotatable bonds is 7. The van der Waals surface area contributed by atoms with Crippen molar-refractivity contribution in [3.05, 3.63) is 34.4 Å². The van der Waals surface area contributed by atoms with Crippen LogP contribution in [-0.2, 0) is 14.3 Å². The maximum Gasteiger partial charge on any atom is 0.321 e. The van der Waals surface area contributed by atoms with Gasteiger partial charge >= 0.3 is 12.0 Å². The number of hydrogen-bond acceptors (Lipinski definition) is 7. The van der Waals surface area contributed by atoms with Gasteiger partial charge in [0.2, 0.25) is 0 Å². The zero-order valence-electron chi connectivity index (χ0n) is 16.4. The smallest absolute Gasteiger partial charge is 0.321 e. The molecule has 158 valence electrons. The number of hydrogen-bond donors (Lipinski definition) is 2. The third kappa shape index (κ3) is 7.37. The first-order valence-electron chi connectivity index (χ1n) is 9.49. The molecule has 2 rings (SSSR count). The summed E-state index contributed by atoms with van der Waals surface area (Å²) in [7, 11) is 0. The van der Waals surface area contributed by atoms with Gasteiger partial charge in [-0.3, -0.25) is 25.0 Å². The van der Waals surface area contributed by atoms with Gasteiger partial charge in [0.25, 0.3) is 11.6 Å². The van der Waals surface area contributed by atoms with Gasteiger partial charge in [0.05, 0.1) is 4.92 Å². The van der Waals surface area contributed by atoms with Gasteiger partial charge in [-0.25, -0.2) is 4.79 Å². The topological polar surface area (TPSA) is 128 Å². The number of carbonyl (C=O) groups excluding carboxylic acids is 3. The van der Waals surface area contributed by atoms with Gasteiger partial charge < -0.3 is 10.1 Å². The van der Waals surface area contributed by atoms with Gasteiger partial charge in [-0.2, -0.15) is 0 Å². The second-order valence-corrected chi connectivity index (χ2v) is 8.30. The fourth-order valence-corrected chi connectivity index (χ4v) is 3.76. The first-order chi connectivity index (χ1) is 13.8. The average molecular weight is 423 g/mol. The molecule has 1 aromatic rings. The van der Waals surface area contributed by atoms with E-state index in [2.05, 4.69) is 10.6 Å². The highest BCUT2D eigenvalue weighted by Gasteiger charge is 2.25. The summed E-state index contributed by atoms with van der Waals surface area (Å²) in [6, 6.07) is 5.25. The van der Waals surface area contributed by atoms with Crippen LogP contribution in [0.5, 0.6) is 0 Å². The SMILES string of the molecule is CC(OC(=O)C(C)Sc1ccc([N+](=O)[O-])cc1)C(=O)NC(=O)NC1CCCCC1. The lowest BCUT2D eigenvalue weighted by atomic mass is 9.96. The number of carbonyl (C=O) groups is 3. The van der Waals surface area contributed by atoms with E-state index in [1.165, 1.54) is 31.2 Å². The Morgan fingerprint density at radius 1 is 1.14 bits per heavy atom. The van der Waals surface area contributed by atoms with Crippen LogP contribution in [0.1, 0.15) is 46.0 Å². The quantitative estimate of drug-likeness (QED) is 0.298. The van der Waals surface area contributed by atoms with Gasteiger partial charge in [-0.05, 0) is 38.8 Å². The molecule has 3 amide bonds. The molecule has 29 heavy (non-hydrogen) atoms. The number of nitrogens with one attached hydrogen (secondary N) is 2. The van der Waals surface area contributed by atoms with Crippen LogP contribution < -0.4 is 10.6 Å². The van der Waals surface area contributed by atoms with Crippen LogP contribution in [0.3, 0.4) is 0 Å². The van der Waals surface area contributed by atoms with E-state index in [1.807, 2.05) is 0 Å². The molecule has 2 unspecified atom stereocenters. The molecule has 9 nitrogen and oxygen atoms in total. The number of ether oxygens (including phenoxy) is 1. The van der Waals surface area contributed by atoms with Gasteiger partial charge in [-0.1, -0.05) is 19.3 Å². The van der Waals surface area contributed by atoms with Crippen LogP contribution >= 0.6 is 11.8 Å². The van der Waals surface area contributed by atoms with Crippen molar-refractivity contribution < 1.29 is 24.0 Å². The summed E-state index contributed by atoms with van der Waals surface area (Å²) < 4.78 is 5.14. The zero-order valence-corrected chi connectivity index (χ0v) is 17.2. The molecule has 0 aliphatic heterocycles. The van der Waals surface area contributed by atoms with Crippen molar-refractivity contribution in [3.63, 3.8) is 0 Å². The lowest BCUT2D eigenvalue weighted by Crippen LogP contribution is -2.48. The van der Waals surface area contributed by atoms with Crippen molar-refractivity contribution in [2.24, 2.45) is 0 Å². The molecule has 2 N–H and O–H groups in total. The minimum absolute atomic E-state index is 0.0404. The Bertz CT molecular complexity index is 749. The third-order valence-electron chi connectivity index (χ3n) is 4.53. The lowest BCUT2D eigenvalue weighted by Gasteiger charge is -2.23. The molecule has 0 saturated heterocycles. The maximum atomic E-state index is 12.2. The number of esters is 1. The number of urea groups is 1. The highest BCUT2D eigenvalue weighted by Crippen LogP contribution is 2.26. The summed E-state index contributed by atoms with van der Waals surface area (Å²) in [4.78, 5) is 47.1. The summed E-state index contributed by atoms with van der Waals surface area (Å²) in [6.45, 7) is 3.00. The van der Waals surface area contributed by atoms with Crippen LogP contribution in [0, 0.1) is 10.1 Å².